The number of amides is 1. The number of carboxylic acids is 1. The van der Waals surface area contributed by atoms with Crippen LogP contribution in [0.3, 0.4) is 0 Å². The molecule has 2 N–H and O–H groups in total. The van der Waals surface area contributed by atoms with Gasteiger partial charge >= 0.3 is 5.97 Å². The minimum Gasteiger partial charge on any atom is -0.478 e. The standard InChI is InChI=1S/C15H18N4O3.ClH/c1-16-7-14(20)18(2)8-11-9-19(10-17-11)13-6-4-3-5-12(13)15(21)22;/h3-6,9-10,16H,7-8H2,1-2H3,(H,21,22);1H. The van der Waals surface area contributed by atoms with E-state index < -0.39 is 5.97 Å². The molecule has 1 aromatic carbocycles. The minimum absolute atomic E-state index is 0. The first-order valence-corrected chi connectivity index (χ1v) is 6.77. The summed E-state index contributed by atoms with van der Waals surface area (Å²) in [5, 5.41) is 12.0. The van der Waals surface area contributed by atoms with Gasteiger partial charge in [-0.3, -0.25) is 4.79 Å². The zero-order chi connectivity index (χ0) is 16.1. The first-order chi connectivity index (χ1) is 10.5. The van der Waals surface area contributed by atoms with E-state index in [1.165, 1.54) is 0 Å². The Morgan fingerprint density at radius 3 is 2.70 bits per heavy atom. The van der Waals surface area contributed by atoms with Crippen molar-refractivity contribution in [1.29, 1.82) is 0 Å². The maximum Gasteiger partial charge on any atom is 0.337 e. The van der Waals surface area contributed by atoms with Crippen molar-refractivity contribution in [3.63, 3.8) is 0 Å². The zero-order valence-electron chi connectivity index (χ0n) is 12.9. The van der Waals surface area contributed by atoms with Crippen LogP contribution in [0, 0.1) is 0 Å². The Bertz CT molecular complexity index is 687. The van der Waals surface area contributed by atoms with Crippen LogP contribution in [-0.4, -0.2) is 52.1 Å². The van der Waals surface area contributed by atoms with E-state index in [0.29, 0.717) is 17.9 Å². The second-order valence-electron chi connectivity index (χ2n) is 4.87. The number of halogens is 1. The molecule has 0 aliphatic heterocycles. The predicted molar refractivity (Wildman–Crippen MR) is 88.2 cm³/mol. The third-order valence-electron chi connectivity index (χ3n) is 3.20. The van der Waals surface area contributed by atoms with E-state index in [-0.39, 0.29) is 30.4 Å². The summed E-state index contributed by atoms with van der Waals surface area (Å²) >= 11 is 0. The molecule has 0 unspecified atom stereocenters. The fraction of sp³-hybridized carbons (Fsp3) is 0.267. The largest absolute Gasteiger partial charge is 0.478 e. The number of para-hydroxylation sites is 1. The van der Waals surface area contributed by atoms with Gasteiger partial charge < -0.3 is 19.9 Å². The van der Waals surface area contributed by atoms with Crippen LogP contribution in [0.5, 0.6) is 0 Å². The third kappa shape index (κ3) is 4.54. The predicted octanol–water partition coefficient (Wildman–Crippen LogP) is 1.17. The summed E-state index contributed by atoms with van der Waals surface area (Å²) in [6.45, 7) is 0.627. The van der Waals surface area contributed by atoms with Gasteiger partial charge in [0.05, 0.1) is 36.4 Å². The number of likely N-dealkylation sites (N-methyl/N-ethyl adjacent to an activating group) is 2. The van der Waals surface area contributed by atoms with E-state index in [0.717, 1.165) is 0 Å². The van der Waals surface area contributed by atoms with Crippen molar-refractivity contribution >= 4 is 24.3 Å². The van der Waals surface area contributed by atoms with Crippen molar-refractivity contribution < 1.29 is 14.7 Å². The van der Waals surface area contributed by atoms with E-state index in [1.807, 2.05) is 0 Å². The van der Waals surface area contributed by atoms with E-state index in [9.17, 15) is 14.7 Å². The molecule has 0 spiro atoms. The molecule has 1 aromatic heterocycles. The lowest BCUT2D eigenvalue weighted by Gasteiger charge is -2.15. The molecule has 0 saturated carbocycles. The minimum atomic E-state index is -0.993. The van der Waals surface area contributed by atoms with Gasteiger partial charge in [0, 0.05) is 13.2 Å². The molecular weight excluding hydrogens is 320 g/mol. The first-order valence-electron chi connectivity index (χ1n) is 6.77. The van der Waals surface area contributed by atoms with Gasteiger partial charge in [-0.05, 0) is 19.2 Å². The monoisotopic (exact) mass is 338 g/mol. The second-order valence-corrected chi connectivity index (χ2v) is 4.87. The molecule has 2 rings (SSSR count). The van der Waals surface area contributed by atoms with Crippen molar-refractivity contribution in [2.24, 2.45) is 0 Å². The lowest BCUT2D eigenvalue weighted by molar-refractivity contribution is -0.129. The van der Waals surface area contributed by atoms with Gasteiger partial charge in [-0.15, -0.1) is 12.4 Å². The molecule has 2 aromatic rings. The van der Waals surface area contributed by atoms with Gasteiger partial charge in [0.1, 0.15) is 0 Å². The average molecular weight is 339 g/mol. The molecule has 0 radical (unpaired) electrons. The molecule has 0 fully saturated rings. The lowest BCUT2D eigenvalue weighted by Crippen LogP contribution is -2.33. The Labute approximate surface area is 140 Å². The van der Waals surface area contributed by atoms with Gasteiger partial charge in [0.25, 0.3) is 0 Å². The number of carbonyl (C=O) groups excluding carboxylic acids is 1. The summed E-state index contributed by atoms with van der Waals surface area (Å²) in [5.74, 6) is -1.03. The molecule has 23 heavy (non-hydrogen) atoms. The van der Waals surface area contributed by atoms with Crippen molar-refractivity contribution in [3.05, 3.63) is 48.0 Å². The van der Waals surface area contributed by atoms with E-state index in [1.54, 1.807) is 60.4 Å². The summed E-state index contributed by atoms with van der Waals surface area (Å²) in [6.07, 6.45) is 3.28. The fourth-order valence-electron chi connectivity index (χ4n) is 2.07. The Hall–Kier alpha value is -2.38. The highest BCUT2D eigenvalue weighted by atomic mass is 35.5. The van der Waals surface area contributed by atoms with Gasteiger partial charge in [-0.2, -0.15) is 0 Å². The summed E-state index contributed by atoms with van der Waals surface area (Å²) in [6, 6.07) is 6.70. The quantitative estimate of drug-likeness (QED) is 0.825. The topological polar surface area (TPSA) is 87.5 Å². The number of aromatic carboxylic acids is 1. The number of aromatic nitrogens is 2. The van der Waals surface area contributed by atoms with Gasteiger partial charge in [0.15, 0.2) is 0 Å². The van der Waals surface area contributed by atoms with Crippen molar-refractivity contribution in [1.82, 2.24) is 19.8 Å². The van der Waals surface area contributed by atoms with Gasteiger partial charge in [-0.25, -0.2) is 9.78 Å². The number of benzene rings is 1. The van der Waals surface area contributed by atoms with Crippen LogP contribution in [-0.2, 0) is 11.3 Å². The Balaban J connectivity index is 0.00000264. The summed E-state index contributed by atoms with van der Waals surface area (Å²) < 4.78 is 1.65. The van der Waals surface area contributed by atoms with E-state index in [2.05, 4.69) is 10.3 Å². The smallest absolute Gasteiger partial charge is 0.337 e. The lowest BCUT2D eigenvalue weighted by atomic mass is 10.2. The average Bonchev–Trinajstić information content (AvgIpc) is 2.95. The highest BCUT2D eigenvalue weighted by molar-refractivity contribution is 5.91. The van der Waals surface area contributed by atoms with Crippen molar-refractivity contribution in [2.45, 2.75) is 6.54 Å². The summed E-state index contributed by atoms with van der Waals surface area (Å²) in [5.41, 5.74) is 1.43. The molecule has 0 aliphatic rings. The first kappa shape index (κ1) is 18.7. The van der Waals surface area contributed by atoms with Crippen LogP contribution in [0.15, 0.2) is 36.8 Å². The van der Waals surface area contributed by atoms with Crippen molar-refractivity contribution in [3.8, 4) is 5.69 Å². The molecule has 8 heteroatoms. The van der Waals surface area contributed by atoms with Crippen LogP contribution < -0.4 is 5.32 Å². The number of carboxylic acid groups (broad SMARTS) is 1. The van der Waals surface area contributed by atoms with Crippen LogP contribution >= 0.6 is 12.4 Å². The Morgan fingerprint density at radius 1 is 1.35 bits per heavy atom. The SMILES string of the molecule is CNCC(=O)N(C)Cc1cn(-c2ccccc2C(=O)O)cn1.Cl. The normalized spacial score (nSPS) is 10.0. The third-order valence-corrected chi connectivity index (χ3v) is 3.20. The Morgan fingerprint density at radius 2 is 2.04 bits per heavy atom. The Kier molecular flexibility index (Phi) is 6.74. The number of hydrogen-bond acceptors (Lipinski definition) is 4. The summed E-state index contributed by atoms with van der Waals surface area (Å²) in [4.78, 5) is 28.8. The van der Waals surface area contributed by atoms with Gasteiger partial charge in [-0.1, -0.05) is 12.1 Å². The van der Waals surface area contributed by atoms with Crippen LogP contribution in [0.1, 0.15) is 16.1 Å². The summed E-state index contributed by atoms with van der Waals surface area (Å²) in [7, 11) is 3.41. The van der Waals surface area contributed by atoms with Crippen LogP contribution in [0.4, 0.5) is 0 Å². The number of nitrogens with zero attached hydrogens (tertiary/aromatic N) is 3. The zero-order valence-corrected chi connectivity index (χ0v) is 13.7. The molecule has 0 saturated heterocycles. The molecule has 0 atom stereocenters. The number of nitrogens with one attached hydrogen (secondary N) is 1. The molecule has 7 nitrogen and oxygen atoms in total. The maximum atomic E-state index is 11.7. The van der Waals surface area contributed by atoms with Crippen LogP contribution in [0.25, 0.3) is 5.69 Å². The van der Waals surface area contributed by atoms with E-state index in [4.69, 9.17) is 0 Å². The fourth-order valence-corrected chi connectivity index (χ4v) is 2.07. The number of rotatable bonds is 6. The van der Waals surface area contributed by atoms with E-state index >= 15 is 0 Å². The second kappa shape index (κ2) is 8.30. The molecule has 1 heterocycles. The van der Waals surface area contributed by atoms with Crippen molar-refractivity contribution in [2.75, 3.05) is 20.6 Å². The molecule has 124 valence electrons. The highest BCUT2D eigenvalue weighted by Gasteiger charge is 2.13. The van der Waals surface area contributed by atoms with Crippen LogP contribution in [0.2, 0.25) is 0 Å². The number of imidazole rings is 1. The number of carbonyl (C=O) groups is 2. The molecule has 1 amide bonds. The van der Waals surface area contributed by atoms with Gasteiger partial charge in [0.2, 0.25) is 5.91 Å². The molecule has 0 bridgehead atoms. The molecule has 0 aliphatic carbocycles. The maximum absolute atomic E-state index is 11.7. The highest BCUT2D eigenvalue weighted by Crippen LogP contribution is 2.15. The molecular formula is C15H19ClN4O3. The number of hydrogen-bond donors (Lipinski definition) is 2.